The van der Waals surface area contributed by atoms with Crippen molar-refractivity contribution in [2.45, 2.75) is 38.5 Å². The maximum absolute atomic E-state index is 11.5. The molecular formula is C11H17NO. The van der Waals surface area contributed by atoms with Crippen LogP contribution in [0.3, 0.4) is 0 Å². The lowest BCUT2D eigenvalue weighted by Gasteiger charge is -2.17. The van der Waals surface area contributed by atoms with Crippen molar-refractivity contribution >= 4 is 5.78 Å². The molecule has 2 nitrogen and oxygen atoms in total. The molecule has 0 aromatic heterocycles. The predicted molar refractivity (Wildman–Crippen MR) is 52.4 cm³/mol. The van der Waals surface area contributed by atoms with Crippen molar-refractivity contribution < 1.29 is 4.79 Å². The van der Waals surface area contributed by atoms with Gasteiger partial charge in [-0.2, -0.15) is 0 Å². The molecule has 0 spiro atoms. The summed E-state index contributed by atoms with van der Waals surface area (Å²) >= 11 is 0. The summed E-state index contributed by atoms with van der Waals surface area (Å²) in [7, 11) is 0. The van der Waals surface area contributed by atoms with Gasteiger partial charge in [-0.1, -0.05) is 0 Å². The predicted octanol–water partition coefficient (Wildman–Crippen LogP) is 2.11. The van der Waals surface area contributed by atoms with Crippen LogP contribution in [0.1, 0.15) is 38.5 Å². The van der Waals surface area contributed by atoms with Gasteiger partial charge in [-0.3, -0.25) is 4.79 Å². The van der Waals surface area contributed by atoms with E-state index in [2.05, 4.69) is 11.1 Å². The van der Waals surface area contributed by atoms with E-state index in [0.29, 0.717) is 5.78 Å². The fraction of sp³-hybridized carbons (Fsp3) is 0.727. The van der Waals surface area contributed by atoms with Gasteiger partial charge < -0.3 is 4.90 Å². The Hall–Kier alpha value is -0.790. The van der Waals surface area contributed by atoms with E-state index < -0.39 is 0 Å². The molecule has 0 aromatic rings. The van der Waals surface area contributed by atoms with Gasteiger partial charge in [0.2, 0.25) is 0 Å². The molecule has 1 aliphatic carbocycles. The Bertz CT molecular complexity index is 226. The van der Waals surface area contributed by atoms with Crippen molar-refractivity contribution in [3.8, 4) is 0 Å². The number of likely N-dealkylation sites (tertiary alicyclic amines) is 1. The molecule has 0 atom stereocenters. The minimum Gasteiger partial charge on any atom is -0.377 e. The number of carbonyl (C=O) groups excluding carboxylic acids is 1. The van der Waals surface area contributed by atoms with Gasteiger partial charge in [-0.25, -0.2) is 0 Å². The molecule has 0 amide bonds. The van der Waals surface area contributed by atoms with Gasteiger partial charge in [0.15, 0.2) is 5.78 Å². The average Bonchev–Trinajstić information content (AvgIpc) is 2.61. The highest BCUT2D eigenvalue weighted by Gasteiger charge is 2.17. The van der Waals surface area contributed by atoms with E-state index in [9.17, 15) is 4.79 Å². The van der Waals surface area contributed by atoms with Gasteiger partial charge in [-0.05, 0) is 32.1 Å². The zero-order valence-electron chi connectivity index (χ0n) is 8.09. The van der Waals surface area contributed by atoms with Crippen LogP contribution in [0.4, 0.5) is 0 Å². The fourth-order valence-electron chi connectivity index (χ4n) is 2.13. The Morgan fingerprint density at radius 3 is 2.38 bits per heavy atom. The third-order valence-corrected chi connectivity index (χ3v) is 2.94. The monoisotopic (exact) mass is 179 g/mol. The van der Waals surface area contributed by atoms with Crippen LogP contribution in [0.25, 0.3) is 0 Å². The molecule has 0 radical (unpaired) electrons. The maximum Gasteiger partial charge on any atom is 0.160 e. The highest BCUT2D eigenvalue weighted by molar-refractivity contribution is 5.95. The first-order valence-corrected chi connectivity index (χ1v) is 5.34. The summed E-state index contributed by atoms with van der Waals surface area (Å²) in [5.41, 5.74) is 1.08. The summed E-state index contributed by atoms with van der Waals surface area (Å²) in [6, 6.07) is 0. The number of carbonyl (C=O) groups is 1. The number of nitrogens with zero attached hydrogens (tertiary/aromatic N) is 1. The van der Waals surface area contributed by atoms with E-state index >= 15 is 0 Å². The molecule has 1 saturated carbocycles. The first-order chi connectivity index (χ1) is 6.36. The third-order valence-electron chi connectivity index (χ3n) is 2.94. The van der Waals surface area contributed by atoms with Gasteiger partial charge in [0.05, 0.1) is 0 Å². The number of allylic oxidation sites excluding steroid dienone is 1. The van der Waals surface area contributed by atoms with Crippen molar-refractivity contribution in [2.24, 2.45) is 0 Å². The van der Waals surface area contributed by atoms with Crippen molar-refractivity contribution in [3.05, 3.63) is 11.8 Å². The molecule has 2 aliphatic rings. The molecule has 1 heterocycles. The summed E-state index contributed by atoms with van der Waals surface area (Å²) < 4.78 is 0. The van der Waals surface area contributed by atoms with Crippen LogP contribution >= 0.6 is 0 Å². The number of Topliss-reactive ketones (excluding diaryl/α,β-unsaturated/α-hetero) is 1. The molecule has 0 unspecified atom stereocenters. The lowest BCUT2D eigenvalue weighted by Crippen LogP contribution is -2.16. The largest absolute Gasteiger partial charge is 0.377 e. The number of ketones is 1. The summed E-state index contributed by atoms with van der Waals surface area (Å²) in [6.45, 7) is 2.30. The normalized spacial score (nSPS) is 27.2. The van der Waals surface area contributed by atoms with Crippen LogP contribution in [-0.2, 0) is 4.79 Å². The smallest absolute Gasteiger partial charge is 0.160 e. The molecule has 0 bridgehead atoms. The minimum atomic E-state index is 0.387. The average molecular weight is 179 g/mol. The second-order valence-electron chi connectivity index (χ2n) is 4.03. The summed E-state index contributed by atoms with van der Waals surface area (Å²) in [5.74, 6) is 0.387. The maximum atomic E-state index is 11.5. The van der Waals surface area contributed by atoms with Gasteiger partial charge >= 0.3 is 0 Å². The fourth-order valence-corrected chi connectivity index (χ4v) is 2.13. The Kier molecular flexibility index (Phi) is 2.67. The Morgan fingerprint density at radius 2 is 1.69 bits per heavy atom. The van der Waals surface area contributed by atoms with E-state index in [1.165, 1.54) is 19.3 Å². The second kappa shape index (κ2) is 3.95. The van der Waals surface area contributed by atoms with Crippen molar-refractivity contribution in [1.82, 2.24) is 4.90 Å². The highest BCUT2D eigenvalue weighted by atomic mass is 16.1. The van der Waals surface area contributed by atoms with Crippen LogP contribution in [0.5, 0.6) is 0 Å². The van der Waals surface area contributed by atoms with Crippen molar-refractivity contribution in [3.63, 3.8) is 0 Å². The van der Waals surface area contributed by atoms with Crippen LogP contribution in [-0.4, -0.2) is 23.8 Å². The molecular weight excluding hydrogens is 162 g/mol. The molecule has 2 heteroatoms. The molecule has 0 N–H and O–H groups in total. The first-order valence-electron chi connectivity index (χ1n) is 5.34. The summed E-state index contributed by atoms with van der Waals surface area (Å²) in [6.07, 6.45) is 8.78. The van der Waals surface area contributed by atoms with Gasteiger partial charge in [0.25, 0.3) is 0 Å². The number of hydrogen-bond acceptors (Lipinski definition) is 2. The topological polar surface area (TPSA) is 20.3 Å². The van der Waals surface area contributed by atoms with Gasteiger partial charge in [0, 0.05) is 31.3 Å². The van der Waals surface area contributed by atoms with Crippen LogP contribution in [0.2, 0.25) is 0 Å². The molecule has 13 heavy (non-hydrogen) atoms. The summed E-state index contributed by atoms with van der Waals surface area (Å²) in [5, 5.41) is 0. The van der Waals surface area contributed by atoms with Crippen LogP contribution in [0, 0.1) is 0 Å². The van der Waals surface area contributed by atoms with Gasteiger partial charge in [0.1, 0.15) is 0 Å². The molecule has 1 aliphatic heterocycles. The van der Waals surface area contributed by atoms with Crippen LogP contribution < -0.4 is 0 Å². The van der Waals surface area contributed by atoms with E-state index in [1.54, 1.807) is 0 Å². The zero-order chi connectivity index (χ0) is 9.10. The van der Waals surface area contributed by atoms with E-state index in [1.807, 2.05) is 0 Å². The summed E-state index contributed by atoms with van der Waals surface area (Å²) in [4.78, 5) is 13.8. The Labute approximate surface area is 79.6 Å². The molecule has 72 valence electrons. The second-order valence-corrected chi connectivity index (χ2v) is 4.03. The van der Waals surface area contributed by atoms with Gasteiger partial charge in [-0.15, -0.1) is 0 Å². The highest BCUT2D eigenvalue weighted by Crippen LogP contribution is 2.21. The first kappa shape index (κ1) is 8.79. The molecule has 0 aromatic carbocycles. The van der Waals surface area contributed by atoms with Crippen molar-refractivity contribution in [1.29, 1.82) is 0 Å². The Balaban J connectivity index is 1.99. The lowest BCUT2D eigenvalue weighted by molar-refractivity contribution is -0.116. The third kappa shape index (κ3) is 2.11. The standard InChI is InChI=1S/C11H17NO/c13-11-6-2-1-5-10(11)9-12-7-3-4-8-12/h9H,1-8H2. The van der Waals surface area contributed by atoms with Crippen molar-refractivity contribution in [2.75, 3.05) is 13.1 Å². The number of hydrogen-bond donors (Lipinski definition) is 0. The Morgan fingerprint density at radius 1 is 1.00 bits per heavy atom. The quantitative estimate of drug-likeness (QED) is 0.575. The minimum absolute atomic E-state index is 0.387. The lowest BCUT2D eigenvalue weighted by atomic mass is 9.94. The van der Waals surface area contributed by atoms with E-state index in [-0.39, 0.29) is 0 Å². The molecule has 2 fully saturated rings. The van der Waals surface area contributed by atoms with E-state index in [4.69, 9.17) is 0 Å². The van der Waals surface area contributed by atoms with Crippen LogP contribution in [0.15, 0.2) is 11.8 Å². The zero-order valence-corrected chi connectivity index (χ0v) is 8.09. The molecule has 1 saturated heterocycles. The molecule has 2 rings (SSSR count). The van der Waals surface area contributed by atoms with E-state index in [0.717, 1.165) is 37.9 Å². The SMILES string of the molecule is O=C1CCCCC1=CN1CCCC1. The number of rotatable bonds is 1.